The number of oxazole rings is 1. The Balaban J connectivity index is 1.81. The van der Waals surface area contributed by atoms with E-state index in [4.69, 9.17) is 14.3 Å². The third kappa shape index (κ3) is 2.54. The Kier molecular flexibility index (Phi) is 3.53. The van der Waals surface area contributed by atoms with Crippen molar-refractivity contribution in [2.24, 2.45) is 0 Å². The van der Waals surface area contributed by atoms with Gasteiger partial charge in [0.1, 0.15) is 5.52 Å². The molecule has 1 saturated carbocycles. The number of hydrogen-bond acceptors (Lipinski definition) is 6. The molecular weight excluding hydrogens is 330 g/mol. The number of fused-ring (bicyclic) bond motifs is 3. The molecule has 0 aliphatic heterocycles. The lowest BCUT2D eigenvalue weighted by Gasteiger charge is -1.99. The molecule has 24 heavy (non-hydrogen) atoms. The first-order valence-electron chi connectivity index (χ1n) is 7.72. The second kappa shape index (κ2) is 5.59. The number of nitrogens with zero attached hydrogens (tertiary/aromatic N) is 1. The van der Waals surface area contributed by atoms with E-state index in [2.05, 4.69) is 4.98 Å². The molecule has 0 spiro atoms. The molecule has 1 fully saturated rings. The number of carboxylic acids is 1. The number of Topliss-reactive ketones (excluding diaryl/α,β-unsaturated/α-hetero) is 1. The number of carbonyl (C=O) groups is 2. The summed E-state index contributed by atoms with van der Waals surface area (Å²) < 4.78 is 12.2. The van der Waals surface area contributed by atoms with Gasteiger partial charge in [-0.2, -0.15) is 0 Å². The molecule has 0 unspecified atom stereocenters. The zero-order valence-electron chi connectivity index (χ0n) is 13.0. The zero-order valence-corrected chi connectivity index (χ0v) is 13.8. The highest BCUT2D eigenvalue weighted by atomic mass is 32.1. The van der Waals surface area contributed by atoms with Gasteiger partial charge in [-0.1, -0.05) is 0 Å². The van der Waals surface area contributed by atoms with Crippen LogP contribution < -0.4 is 4.74 Å². The molecule has 0 bridgehead atoms. The van der Waals surface area contributed by atoms with Crippen LogP contribution in [0, 0.1) is 0 Å². The van der Waals surface area contributed by atoms with E-state index in [9.17, 15) is 9.59 Å². The van der Waals surface area contributed by atoms with Crippen LogP contribution in [0.1, 0.15) is 47.2 Å². The van der Waals surface area contributed by atoms with Gasteiger partial charge in [-0.15, -0.1) is 11.3 Å². The van der Waals surface area contributed by atoms with Crippen LogP contribution in [0.2, 0.25) is 0 Å². The predicted molar refractivity (Wildman–Crippen MR) is 89.1 cm³/mol. The number of ether oxygens (including phenoxy) is 1. The number of ketones is 1. The van der Waals surface area contributed by atoms with Crippen LogP contribution in [-0.2, 0) is 4.79 Å². The average Bonchev–Trinajstić information content (AvgIpc) is 3.16. The number of aliphatic carboxylic acids is 1. The molecule has 124 valence electrons. The summed E-state index contributed by atoms with van der Waals surface area (Å²) in [6.45, 7) is 0. The van der Waals surface area contributed by atoms with E-state index in [1.54, 1.807) is 13.2 Å². The van der Waals surface area contributed by atoms with Crippen molar-refractivity contribution >= 4 is 44.3 Å². The maximum absolute atomic E-state index is 12.2. The van der Waals surface area contributed by atoms with Gasteiger partial charge in [0.25, 0.3) is 0 Å². The minimum Gasteiger partial charge on any atom is -0.493 e. The Morgan fingerprint density at radius 2 is 2.17 bits per heavy atom. The molecule has 2 aromatic heterocycles. The molecule has 0 amide bonds. The average molecular weight is 345 g/mol. The molecule has 6 nitrogen and oxygen atoms in total. The van der Waals surface area contributed by atoms with Crippen molar-refractivity contribution in [2.75, 3.05) is 7.11 Å². The second-order valence-electron chi connectivity index (χ2n) is 5.92. The van der Waals surface area contributed by atoms with Gasteiger partial charge in [0.05, 0.1) is 18.4 Å². The highest BCUT2D eigenvalue weighted by Gasteiger charge is 2.30. The predicted octanol–water partition coefficient (Wildman–Crippen LogP) is 3.98. The highest BCUT2D eigenvalue weighted by Crippen LogP contribution is 2.44. The fourth-order valence-corrected chi connectivity index (χ4v) is 3.77. The number of methoxy groups -OCH3 is 1. The van der Waals surface area contributed by atoms with Crippen LogP contribution in [0.25, 0.3) is 21.2 Å². The van der Waals surface area contributed by atoms with Gasteiger partial charge in [-0.25, -0.2) is 4.98 Å². The Bertz CT molecular complexity index is 966. The number of aromatic nitrogens is 1. The molecule has 2 heterocycles. The summed E-state index contributed by atoms with van der Waals surface area (Å²) in [6.07, 6.45) is 2.00. The first kappa shape index (κ1) is 15.1. The van der Waals surface area contributed by atoms with Gasteiger partial charge < -0.3 is 14.3 Å². The van der Waals surface area contributed by atoms with Crippen molar-refractivity contribution in [3.63, 3.8) is 0 Å². The van der Waals surface area contributed by atoms with Gasteiger partial charge in [0.2, 0.25) is 0 Å². The topological polar surface area (TPSA) is 89.6 Å². The number of benzene rings is 1. The first-order valence-corrected chi connectivity index (χ1v) is 8.54. The van der Waals surface area contributed by atoms with E-state index < -0.39 is 5.97 Å². The quantitative estimate of drug-likeness (QED) is 0.680. The summed E-state index contributed by atoms with van der Waals surface area (Å²) in [5.41, 5.74) is 1.31. The molecule has 1 aliphatic carbocycles. The van der Waals surface area contributed by atoms with Gasteiger partial charge in [0, 0.05) is 28.5 Å². The Labute approximate surface area is 141 Å². The Morgan fingerprint density at radius 1 is 1.38 bits per heavy atom. The van der Waals surface area contributed by atoms with Crippen LogP contribution in [0.5, 0.6) is 5.75 Å². The lowest BCUT2D eigenvalue weighted by Crippen LogP contribution is -2.01. The van der Waals surface area contributed by atoms with Crippen molar-refractivity contribution in [1.82, 2.24) is 4.98 Å². The largest absolute Gasteiger partial charge is 0.493 e. The second-order valence-corrected chi connectivity index (χ2v) is 7.01. The lowest BCUT2D eigenvalue weighted by molar-refractivity contribution is -0.136. The molecule has 1 aliphatic rings. The lowest BCUT2D eigenvalue weighted by atomic mass is 10.1. The summed E-state index contributed by atoms with van der Waals surface area (Å²) in [6, 6.07) is 3.63. The molecular formula is C17H15NO5S. The maximum atomic E-state index is 12.2. The van der Waals surface area contributed by atoms with E-state index in [1.165, 1.54) is 11.3 Å². The van der Waals surface area contributed by atoms with Crippen LogP contribution in [0.4, 0.5) is 0 Å². The zero-order chi connectivity index (χ0) is 16.8. The van der Waals surface area contributed by atoms with Crippen molar-refractivity contribution in [3.05, 3.63) is 22.9 Å². The first-order chi connectivity index (χ1) is 11.6. The highest BCUT2D eigenvalue weighted by molar-refractivity contribution is 7.21. The maximum Gasteiger partial charge on any atom is 0.303 e. The van der Waals surface area contributed by atoms with E-state index in [1.807, 2.05) is 6.07 Å². The molecule has 0 radical (unpaired) electrons. The SMILES string of the molecule is COc1cc2sc(C(=O)CCC(=O)O)cc2c2nc(C3CC3)oc12. The minimum absolute atomic E-state index is 0.00538. The molecule has 0 saturated heterocycles. The van der Waals surface area contributed by atoms with Crippen molar-refractivity contribution in [2.45, 2.75) is 31.6 Å². The minimum atomic E-state index is -0.973. The number of rotatable bonds is 6. The molecule has 1 aromatic carbocycles. The number of hydrogen-bond donors (Lipinski definition) is 1. The monoisotopic (exact) mass is 345 g/mol. The number of carboxylic acid groups (broad SMARTS) is 1. The molecule has 1 N–H and O–H groups in total. The van der Waals surface area contributed by atoms with Gasteiger partial charge in [-0.05, 0) is 18.9 Å². The van der Waals surface area contributed by atoms with Crippen molar-refractivity contribution in [1.29, 1.82) is 0 Å². The summed E-state index contributed by atoms with van der Waals surface area (Å²) >= 11 is 1.33. The molecule has 4 rings (SSSR count). The summed E-state index contributed by atoms with van der Waals surface area (Å²) in [7, 11) is 1.58. The van der Waals surface area contributed by atoms with E-state index in [0.29, 0.717) is 27.6 Å². The normalized spacial score (nSPS) is 14.4. The summed E-state index contributed by atoms with van der Waals surface area (Å²) in [4.78, 5) is 28.0. The summed E-state index contributed by atoms with van der Waals surface area (Å²) in [5.74, 6) is 0.562. The Hall–Kier alpha value is -2.41. The standard InChI is InChI=1S/C17H15NO5S/c1-22-11-7-12-9(6-13(24-12)10(19)4-5-14(20)21)15-16(11)23-17(18-15)8-2-3-8/h6-8H,2-5H2,1H3,(H,20,21). The fourth-order valence-electron chi connectivity index (χ4n) is 2.71. The summed E-state index contributed by atoms with van der Waals surface area (Å²) in [5, 5.41) is 9.58. The van der Waals surface area contributed by atoms with Crippen LogP contribution in [0.3, 0.4) is 0 Å². The molecule has 7 heteroatoms. The van der Waals surface area contributed by atoms with Crippen LogP contribution in [-0.4, -0.2) is 29.0 Å². The number of carbonyl (C=O) groups excluding carboxylic acids is 1. The Morgan fingerprint density at radius 3 is 2.83 bits per heavy atom. The third-order valence-electron chi connectivity index (χ3n) is 4.13. The van der Waals surface area contributed by atoms with Gasteiger partial charge >= 0.3 is 5.97 Å². The van der Waals surface area contributed by atoms with Crippen LogP contribution >= 0.6 is 11.3 Å². The number of thiophene rings is 1. The fraction of sp³-hybridized carbons (Fsp3) is 0.353. The third-order valence-corrected chi connectivity index (χ3v) is 5.26. The van der Waals surface area contributed by atoms with E-state index in [0.717, 1.165) is 28.8 Å². The molecule has 0 atom stereocenters. The van der Waals surface area contributed by atoms with E-state index >= 15 is 0 Å². The van der Waals surface area contributed by atoms with Crippen LogP contribution in [0.15, 0.2) is 16.5 Å². The van der Waals surface area contributed by atoms with Crippen molar-refractivity contribution in [3.8, 4) is 5.75 Å². The van der Waals surface area contributed by atoms with Gasteiger partial charge in [-0.3, -0.25) is 9.59 Å². The van der Waals surface area contributed by atoms with E-state index in [-0.39, 0.29) is 18.6 Å². The van der Waals surface area contributed by atoms with Crippen molar-refractivity contribution < 1.29 is 23.8 Å². The molecule has 3 aromatic rings. The van der Waals surface area contributed by atoms with Gasteiger partial charge in [0.15, 0.2) is 23.0 Å². The smallest absolute Gasteiger partial charge is 0.303 e.